The summed E-state index contributed by atoms with van der Waals surface area (Å²) < 4.78 is 0. The Labute approximate surface area is 116 Å². The third kappa shape index (κ3) is 4.60. The fraction of sp³-hybridized carbons (Fsp3) is 0.625. The third-order valence-corrected chi connectivity index (χ3v) is 3.95. The average Bonchev–Trinajstić information content (AvgIpc) is 2.48. The molecule has 1 unspecified atom stereocenters. The van der Waals surface area contributed by atoms with Crippen LogP contribution in [0.2, 0.25) is 0 Å². The Morgan fingerprint density at radius 1 is 1.21 bits per heavy atom. The van der Waals surface area contributed by atoms with Crippen molar-refractivity contribution in [3.63, 3.8) is 0 Å². The number of hydrogen-bond donors (Lipinski definition) is 2. The monoisotopic (exact) mass is 262 g/mol. The van der Waals surface area contributed by atoms with Gasteiger partial charge in [-0.3, -0.25) is 4.90 Å². The lowest BCUT2D eigenvalue weighted by atomic mass is 10.0. The average molecular weight is 262 g/mol. The molecule has 0 aromatic heterocycles. The summed E-state index contributed by atoms with van der Waals surface area (Å²) >= 11 is 0. The van der Waals surface area contributed by atoms with Gasteiger partial charge in [-0.05, 0) is 37.1 Å². The minimum Gasteiger partial charge on any atom is -0.392 e. The fourth-order valence-electron chi connectivity index (χ4n) is 2.71. The lowest BCUT2D eigenvalue weighted by Crippen LogP contribution is -2.43. The molecule has 1 aromatic carbocycles. The summed E-state index contributed by atoms with van der Waals surface area (Å²) in [5, 5.41) is 12.7. The summed E-state index contributed by atoms with van der Waals surface area (Å²) in [6, 6.07) is 8.94. The van der Waals surface area contributed by atoms with Crippen molar-refractivity contribution in [1.82, 2.24) is 10.2 Å². The molecule has 0 saturated carbocycles. The molecule has 0 radical (unpaired) electrons. The summed E-state index contributed by atoms with van der Waals surface area (Å²) in [7, 11) is 0. The van der Waals surface area contributed by atoms with Gasteiger partial charge in [0.05, 0.1) is 6.61 Å². The molecule has 3 heteroatoms. The maximum Gasteiger partial charge on any atom is 0.0681 e. The molecule has 106 valence electrons. The molecule has 19 heavy (non-hydrogen) atoms. The van der Waals surface area contributed by atoms with Crippen LogP contribution in [0.25, 0.3) is 0 Å². The van der Waals surface area contributed by atoms with E-state index in [0.717, 1.165) is 25.2 Å². The Morgan fingerprint density at radius 2 is 1.95 bits per heavy atom. The normalized spacial score (nSPS) is 19.8. The SMILES string of the molecule is CCN(Cc1ccc(CO)cc1)CC1CCCCN1. The first-order valence-corrected chi connectivity index (χ1v) is 7.46. The van der Waals surface area contributed by atoms with Crippen molar-refractivity contribution < 1.29 is 5.11 Å². The zero-order chi connectivity index (χ0) is 13.5. The van der Waals surface area contributed by atoms with Crippen LogP contribution in [0.4, 0.5) is 0 Å². The molecule has 3 nitrogen and oxygen atoms in total. The van der Waals surface area contributed by atoms with E-state index >= 15 is 0 Å². The second kappa shape index (κ2) is 7.63. The number of likely N-dealkylation sites (N-methyl/N-ethyl adjacent to an activating group) is 1. The van der Waals surface area contributed by atoms with Gasteiger partial charge in [-0.2, -0.15) is 0 Å². The number of rotatable bonds is 6. The van der Waals surface area contributed by atoms with Crippen molar-refractivity contribution in [3.05, 3.63) is 35.4 Å². The Bertz CT molecular complexity index is 358. The molecule has 1 aliphatic heterocycles. The van der Waals surface area contributed by atoms with Crippen LogP contribution < -0.4 is 5.32 Å². The van der Waals surface area contributed by atoms with Gasteiger partial charge in [0.1, 0.15) is 0 Å². The van der Waals surface area contributed by atoms with E-state index in [2.05, 4.69) is 29.3 Å². The molecule has 0 aliphatic carbocycles. The van der Waals surface area contributed by atoms with Gasteiger partial charge in [0, 0.05) is 19.1 Å². The van der Waals surface area contributed by atoms with Crippen LogP contribution >= 0.6 is 0 Å². The summed E-state index contributed by atoms with van der Waals surface area (Å²) in [6.45, 7) is 6.75. The highest BCUT2D eigenvalue weighted by Crippen LogP contribution is 2.12. The molecule has 0 amide bonds. The van der Waals surface area contributed by atoms with E-state index in [1.807, 2.05) is 12.1 Å². The van der Waals surface area contributed by atoms with Crippen LogP contribution in [-0.4, -0.2) is 35.7 Å². The standard InChI is InChI=1S/C16H26N2O/c1-2-18(12-16-5-3-4-10-17-16)11-14-6-8-15(13-19)9-7-14/h6-9,16-17,19H,2-5,10-13H2,1H3. The largest absolute Gasteiger partial charge is 0.392 e. The van der Waals surface area contributed by atoms with Gasteiger partial charge in [0.15, 0.2) is 0 Å². The first-order chi connectivity index (χ1) is 9.31. The molecule has 1 fully saturated rings. The van der Waals surface area contributed by atoms with Gasteiger partial charge in [-0.15, -0.1) is 0 Å². The summed E-state index contributed by atoms with van der Waals surface area (Å²) in [5.74, 6) is 0. The first-order valence-electron chi connectivity index (χ1n) is 7.46. The Morgan fingerprint density at radius 3 is 2.53 bits per heavy atom. The van der Waals surface area contributed by atoms with E-state index in [-0.39, 0.29) is 6.61 Å². The highest BCUT2D eigenvalue weighted by molar-refractivity contribution is 5.21. The van der Waals surface area contributed by atoms with Gasteiger partial charge in [0.2, 0.25) is 0 Å². The van der Waals surface area contributed by atoms with Gasteiger partial charge in [-0.1, -0.05) is 37.6 Å². The smallest absolute Gasteiger partial charge is 0.0681 e. The second-order valence-electron chi connectivity index (χ2n) is 5.45. The zero-order valence-corrected chi connectivity index (χ0v) is 11.9. The van der Waals surface area contributed by atoms with Crippen LogP contribution in [-0.2, 0) is 13.2 Å². The molecular formula is C16H26N2O. The van der Waals surface area contributed by atoms with Crippen LogP contribution in [0.5, 0.6) is 0 Å². The fourth-order valence-corrected chi connectivity index (χ4v) is 2.71. The summed E-state index contributed by atoms with van der Waals surface area (Å²) in [6.07, 6.45) is 3.99. The number of aliphatic hydroxyl groups is 1. The summed E-state index contributed by atoms with van der Waals surface area (Å²) in [5.41, 5.74) is 2.32. The molecule has 1 saturated heterocycles. The van der Waals surface area contributed by atoms with E-state index < -0.39 is 0 Å². The highest BCUT2D eigenvalue weighted by atomic mass is 16.3. The van der Waals surface area contributed by atoms with E-state index in [9.17, 15) is 0 Å². The maximum atomic E-state index is 9.05. The van der Waals surface area contributed by atoms with E-state index in [4.69, 9.17) is 5.11 Å². The van der Waals surface area contributed by atoms with Crippen molar-refractivity contribution in [3.8, 4) is 0 Å². The van der Waals surface area contributed by atoms with Crippen LogP contribution in [0.1, 0.15) is 37.3 Å². The molecular weight excluding hydrogens is 236 g/mol. The highest BCUT2D eigenvalue weighted by Gasteiger charge is 2.15. The van der Waals surface area contributed by atoms with Crippen LogP contribution in [0.3, 0.4) is 0 Å². The molecule has 0 bridgehead atoms. The Hall–Kier alpha value is -0.900. The van der Waals surface area contributed by atoms with Crippen molar-refractivity contribution in [2.24, 2.45) is 0 Å². The van der Waals surface area contributed by atoms with E-state index in [0.29, 0.717) is 6.04 Å². The van der Waals surface area contributed by atoms with Gasteiger partial charge >= 0.3 is 0 Å². The molecule has 0 spiro atoms. The van der Waals surface area contributed by atoms with Gasteiger partial charge in [0.25, 0.3) is 0 Å². The van der Waals surface area contributed by atoms with Crippen LogP contribution in [0.15, 0.2) is 24.3 Å². The van der Waals surface area contributed by atoms with Gasteiger partial charge < -0.3 is 10.4 Å². The number of piperidine rings is 1. The van der Waals surface area contributed by atoms with Gasteiger partial charge in [-0.25, -0.2) is 0 Å². The zero-order valence-electron chi connectivity index (χ0n) is 11.9. The Balaban J connectivity index is 1.86. The summed E-state index contributed by atoms with van der Waals surface area (Å²) in [4.78, 5) is 2.50. The first kappa shape index (κ1) is 14.5. The minimum absolute atomic E-state index is 0.129. The van der Waals surface area contributed by atoms with Crippen molar-refractivity contribution in [2.75, 3.05) is 19.6 Å². The number of aliphatic hydroxyl groups excluding tert-OH is 1. The quantitative estimate of drug-likeness (QED) is 0.824. The van der Waals surface area contributed by atoms with Crippen LogP contribution in [0, 0.1) is 0 Å². The number of hydrogen-bond acceptors (Lipinski definition) is 3. The molecule has 1 heterocycles. The Kier molecular flexibility index (Phi) is 5.83. The lowest BCUT2D eigenvalue weighted by molar-refractivity contribution is 0.226. The number of nitrogens with one attached hydrogen (secondary N) is 1. The molecule has 2 N–H and O–H groups in total. The number of benzene rings is 1. The maximum absolute atomic E-state index is 9.05. The molecule has 1 atom stereocenters. The molecule has 1 aromatic rings. The molecule has 1 aliphatic rings. The molecule has 2 rings (SSSR count). The predicted octanol–water partition coefficient (Wildman–Crippen LogP) is 2.14. The minimum atomic E-state index is 0.129. The lowest BCUT2D eigenvalue weighted by Gasteiger charge is -2.30. The third-order valence-electron chi connectivity index (χ3n) is 3.95. The van der Waals surface area contributed by atoms with E-state index in [1.54, 1.807) is 0 Å². The predicted molar refractivity (Wildman–Crippen MR) is 79.0 cm³/mol. The second-order valence-corrected chi connectivity index (χ2v) is 5.45. The van der Waals surface area contributed by atoms with Crippen molar-refractivity contribution in [2.45, 2.75) is 45.4 Å². The number of nitrogens with zero attached hydrogens (tertiary/aromatic N) is 1. The topological polar surface area (TPSA) is 35.5 Å². The van der Waals surface area contributed by atoms with E-state index in [1.165, 1.54) is 31.4 Å². The van der Waals surface area contributed by atoms with Crippen molar-refractivity contribution in [1.29, 1.82) is 0 Å². The van der Waals surface area contributed by atoms with Crippen molar-refractivity contribution >= 4 is 0 Å².